The van der Waals surface area contributed by atoms with Crippen LogP contribution in [0.3, 0.4) is 0 Å². The first-order valence-electron chi connectivity index (χ1n) is 8.43. The number of benzene rings is 1. The van der Waals surface area contributed by atoms with Gasteiger partial charge in [-0.05, 0) is 31.4 Å². The molecule has 2 aliphatic rings. The molecule has 1 spiro atoms. The molecule has 2 heterocycles. The van der Waals surface area contributed by atoms with Crippen LogP contribution in [0.2, 0.25) is 0 Å². The molecule has 0 aliphatic carbocycles. The van der Waals surface area contributed by atoms with E-state index >= 15 is 0 Å². The van der Waals surface area contributed by atoms with Gasteiger partial charge in [-0.2, -0.15) is 13.2 Å². The van der Waals surface area contributed by atoms with Crippen molar-refractivity contribution in [2.45, 2.75) is 32.4 Å². The zero-order valence-electron chi connectivity index (χ0n) is 14.1. The highest BCUT2D eigenvalue weighted by atomic mass is 19.4. The van der Waals surface area contributed by atoms with Crippen LogP contribution in [0.1, 0.15) is 42.1 Å². The summed E-state index contributed by atoms with van der Waals surface area (Å²) >= 11 is 0. The Hall–Kier alpha value is -2.05. The van der Waals surface area contributed by atoms with Crippen molar-refractivity contribution in [1.29, 1.82) is 0 Å². The Balaban J connectivity index is 1.79. The van der Waals surface area contributed by atoms with Crippen LogP contribution in [0.5, 0.6) is 0 Å². The van der Waals surface area contributed by atoms with Crippen molar-refractivity contribution in [3.63, 3.8) is 0 Å². The average molecular weight is 354 g/mol. The predicted molar refractivity (Wildman–Crippen MR) is 85.9 cm³/mol. The molecule has 0 saturated carbocycles. The lowest BCUT2D eigenvalue weighted by Gasteiger charge is -2.40. The van der Waals surface area contributed by atoms with Gasteiger partial charge in [0.05, 0.1) is 11.1 Å². The standard InChI is InChI=1S/C18H21F3N2O2/c1-13(24)22-9-4-7-17(11-22)8-10-23(12-17)16(25)14-5-2-3-6-15(14)18(19,20)21/h2-3,5-6H,4,7-12H2,1H3. The summed E-state index contributed by atoms with van der Waals surface area (Å²) in [6.07, 6.45) is -2.08. The topological polar surface area (TPSA) is 40.6 Å². The van der Waals surface area contributed by atoms with Crippen LogP contribution >= 0.6 is 0 Å². The van der Waals surface area contributed by atoms with E-state index in [4.69, 9.17) is 0 Å². The number of likely N-dealkylation sites (tertiary alicyclic amines) is 2. The molecule has 2 saturated heterocycles. The van der Waals surface area contributed by atoms with Crippen LogP contribution in [-0.4, -0.2) is 47.8 Å². The molecule has 0 bridgehead atoms. The van der Waals surface area contributed by atoms with Gasteiger partial charge in [0, 0.05) is 38.5 Å². The summed E-state index contributed by atoms with van der Waals surface area (Å²) in [4.78, 5) is 27.6. The fourth-order valence-electron chi connectivity index (χ4n) is 4.01. The van der Waals surface area contributed by atoms with Crippen molar-refractivity contribution >= 4 is 11.8 Å². The van der Waals surface area contributed by atoms with E-state index in [0.717, 1.165) is 25.3 Å². The van der Waals surface area contributed by atoms with Crippen molar-refractivity contribution in [3.8, 4) is 0 Å². The van der Waals surface area contributed by atoms with Gasteiger partial charge in [-0.25, -0.2) is 0 Å². The minimum Gasteiger partial charge on any atom is -0.342 e. The van der Waals surface area contributed by atoms with Crippen molar-refractivity contribution in [3.05, 3.63) is 35.4 Å². The van der Waals surface area contributed by atoms with E-state index in [0.29, 0.717) is 26.2 Å². The SMILES string of the molecule is CC(=O)N1CCCC2(CCN(C(=O)c3ccccc3C(F)(F)F)C2)C1. The van der Waals surface area contributed by atoms with E-state index in [-0.39, 0.29) is 16.9 Å². The van der Waals surface area contributed by atoms with E-state index in [1.165, 1.54) is 30.0 Å². The Labute approximate surface area is 144 Å². The van der Waals surface area contributed by atoms with Crippen LogP contribution in [0, 0.1) is 5.41 Å². The quantitative estimate of drug-likeness (QED) is 0.777. The van der Waals surface area contributed by atoms with Crippen molar-refractivity contribution < 1.29 is 22.8 Å². The summed E-state index contributed by atoms with van der Waals surface area (Å²) in [6, 6.07) is 4.92. The number of rotatable bonds is 1. The second kappa shape index (κ2) is 6.35. The molecule has 0 N–H and O–H groups in total. The second-order valence-electron chi connectivity index (χ2n) is 7.06. The number of halogens is 3. The van der Waals surface area contributed by atoms with E-state index in [1.54, 1.807) is 4.90 Å². The average Bonchev–Trinajstić information content (AvgIpc) is 2.96. The molecule has 2 fully saturated rings. The predicted octanol–water partition coefficient (Wildman–Crippen LogP) is 3.18. The summed E-state index contributed by atoms with van der Waals surface area (Å²) < 4.78 is 39.5. The third-order valence-electron chi connectivity index (χ3n) is 5.30. The highest BCUT2D eigenvalue weighted by molar-refractivity contribution is 5.96. The lowest BCUT2D eigenvalue weighted by Crippen LogP contribution is -2.47. The minimum absolute atomic E-state index is 0.00580. The number of carbonyl (C=O) groups excluding carboxylic acids is 2. The van der Waals surface area contributed by atoms with Gasteiger partial charge in [0.1, 0.15) is 0 Å². The molecule has 25 heavy (non-hydrogen) atoms. The van der Waals surface area contributed by atoms with Crippen LogP contribution in [0.25, 0.3) is 0 Å². The maximum absolute atomic E-state index is 13.2. The van der Waals surface area contributed by atoms with Crippen molar-refractivity contribution in [2.24, 2.45) is 5.41 Å². The van der Waals surface area contributed by atoms with Crippen LogP contribution in [0.15, 0.2) is 24.3 Å². The van der Waals surface area contributed by atoms with Crippen molar-refractivity contribution in [1.82, 2.24) is 9.80 Å². The van der Waals surface area contributed by atoms with Gasteiger partial charge in [-0.3, -0.25) is 9.59 Å². The van der Waals surface area contributed by atoms with Gasteiger partial charge in [0.2, 0.25) is 5.91 Å². The highest BCUT2D eigenvalue weighted by Crippen LogP contribution is 2.40. The number of carbonyl (C=O) groups is 2. The van der Waals surface area contributed by atoms with Gasteiger partial charge in [-0.15, -0.1) is 0 Å². The van der Waals surface area contributed by atoms with E-state index in [9.17, 15) is 22.8 Å². The first-order valence-corrected chi connectivity index (χ1v) is 8.43. The monoisotopic (exact) mass is 354 g/mol. The Morgan fingerprint density at radius 1 is 1.04 bits per heavy atom. The minimum atomic E-state index is -4.56. The van der Waals surface area contributed by atoms with Crippen molar-refractivity contribution in [2.75, 3.05) is 26.2 Å². The van der Waals surface area contributed by atoms with Gasteiger partial charge in [0.15, 0.2) is 0 Å². The summed E-state index contributed by atoms with van der Waals surface area (Å²) in [5.41, 5.74) is -1.38. The fourth-order valence-corrected chi connectivity index (χ4v) is 4.01. The van der Waals surface area contributed by atoms with Gasteiger partial charge < -0.3 is 9.80 Å². The number of amides is 2. The van der Waals surface area contributed by atoms with Gasteiger partial charge in [0.25, 0.3) is 5.91 Å². The Morgan fingerprint density at radius 3 is 2.40 bits per heavy atom. The first-order chi connectivity index (χ1) is 11.7. The number of hydrogen-bond donors (Lipinski definition) is 0. The maximum Gasteiger partial charge on any atom is 0.417 e. The van der Waals surface area contributed by atoms with Crippen LogP contribution < -0.4 is 0 Å². The molecular weight excluding hydrogens is 333 g/mol. The zero-order valence-corrected chi connectivity index (χ0v) is 14.1. The Morgan fingerprint density at radius 2 is 1.72 bits per heavy atom. The van der Waals surface area contributed by atoms with Gasteiger partial charge >= 0.3 is 6.18 Å². The second-order valence-corrected chi connectivity index (χ2v) is 7.06. The molecule has 4 nitrogen and oxygen atoms in total. The molecule has 136 valence electrons. The molecule has 1 aromatic carbocycles. The Kier molecular flexibility index (Phi) is 4.51. The molecule has 3 rings (SSSR count). The summed E-state index contributed by atoms with van der Waals surface area (Å²) in [6.45, 7) is 3.64. The maximum atomic E-state index is 13.2. The normalized spacial score (nSPS) is 24.0. The lowest BCUT2D eigenvalue weighted by atomic mass is 9.79. The van der Waals surface area contributed by atoms with Crippen LogP contribution in [-0.2, 0) is 11.0 Å². The third kappa shape index (κ3) is 3.50. The van der Waals surface area contributed by atoms with Gasteiger partial charge in [-0.1, -0.05) is 12.1 Å². The molecule has 0 radical (unpaired) electrons. The number of nitrogens with zero attached hydrogens (tertiary/aromatic N) is 2. The zero-order chi connectivity index (χ0) is 18.2. The molecule has 1 unspecified atom stereocenters. The largest absolute Gasteiger partial charge is 0.417 e. The molecule has 1 atom stereocenters. The number of piperidine rings is 1. The summed E-state index contributed by atoms with van der Waals surface area (Å²) in [5, 5.41) is 0. The molecule has 0 aromatic heterocycles. The lowest BCUT2D eigenvalue weighted by molar-refractivity contribution is -0.138. The van der Waals surface area contributed by atoms with E-state index in [1.807, 2.05) is 0 Å². The third-order valence-corrected chi connectivity index (χ3v) is 5.30. The van der Waals surface area contributed by atoms with E-state index in [2.05, 4.69) is 0 Å². The fraction of sp³-hybridized carbons (Fsp3) is 0.556. The molecule has 2 aliphatic heterocycles. The van der Waals surface area contributed by atoms with Crippen LogP contribution in [0.4, 0.5) is 13.2 Å². The molecule has 7 heteroatoms. The van der Waals surface area contributed by atoms with E-state index < -0.39 is 17.6 Å². The highest BCUT2D eigenvalue weighted by Gasteiger charge is 2.44. The number of hydrogen-bond acceptors (Lipinski definition) is 2. The smallest absolute Gasteiger partial charge is 0.342 e. The molecule has 2 amide bonds. The molecule has 1 aromatic rings. The summed E-state index contributed by atoms with van der Waals surface area (Å²) in [5.74, 6) is -0.573. The number of alkyl halides is 3. The first kappa shape index (κ1) is 17.8. The summed E-state index contributed by atoms with van der Waals surface area (Å²) in [7, 11) is 0. The Bertz CT molecular complexity index is 689. The molecular formula is C18H21F3N2O2.